The first-order valence-corrected chi connectivity index (χ1v) is 10.2. The Morgan fingerprint density at radius 2 is 1.81 bits per heavy atom. The maximum Gasteiger partial charge on any atom is 0.229 e. The Balaban J connectivity index is 1.37. The highest BCUT2D eigenvalue weighted by Gasteiger charge is 2.45. The summed E-state index contributed by atoms with van der Waals surface area (Å²) in [4.78, 5) is 0. The Labute approximate surface area is 183 Å². The number of phenols is 1. The van der Waals surface area contributed by atoms with Crippen molar-refractivity contribution in [3.8, 4) is 28.7 Å². The highest BCUT2D eigenvalue weighted by Crippen LogP contribution is 2.53. The molecule has 3 aliphatic rings. The normalized spacial score (nSPS) is 32.7. The molecule has 0 unspecified atom stereocenters. The van der Waals surface area contributed by atoms with E-state index in [4.69, 9.17) is 23.7 Å². The van der Waals surface area contributed by atoms with Crippen LogP contribution >= 0.6 is 0 Å². The summed E-state index contributed by atoms with van der Waals surface area (Å²) < 4.78 is 28.3. The van der Waals surface area contributed by atoms with Gasteiger partial charge in [-0.15, -0.1) is 0 Å². The van der Waals surface area contributed by atoms with E-state index < -0.39 is 37.3 Å². The van der Waals surface area contributed by atoms with E-state index in [0.717, 1.165) is 11.1 Å². The van der Waals surface area contributed by atoms with E-state index in [0.29, 0.717) is 29.6 Å². The molecule has 3 aliphatic heterocycles. The lowest BCUT2D eigenvalue weighted by Gasteiger charge is -2.39. The molecule has 0 amide bonds. The molecule has 3 heterocycles. The Kier molecular flexibility index (Phi) is 5.26. The zero-order valence-electron chi connectivity index (χ0n) is 17.1. The minimum Gasteiger partial charge on any atom is -0.504 e. The third-order valence-corrected chi connectivity index (χ3v) is 6.14. The highest BCUT2D eigenvalue weighted by molar-refractivity contribution is 5.56. The first-order valence-electron chi connectivity index (χ1n) is 10.2. The Hall–Kier alpha value is -2.76. The Bertz CT molecular complexity index is 1010. The average molecular weight is 448 g/mol. The summed E-state index contributed by atoms with van der Waals surface area (Å²) in [6.07, 6.45) is -7.17. The van der Waals surface area contributed by atoms with Crippen LogP contribution in [0, 0.1) is 0 Å². The largest absolute Gasteiger partial charge is 0.504 e. The van der Waals surface area contributed by atoms with Crippen LogP contribution in [-0.4, -0.2) is 76.6 Å². The van der Waals surface area contributed by atoms with Crippen LogP contribution in [0.2, 0.25) is 0 Å². The van der Waals surface area contributed by atoms with Crippen LogP contribution < -0.4 is 18.9 Å². The second-order valence-corrected chi connectivity index (χ2v) is 8.03. The van der Waals surface area contributed by atoms with Crippen molar-refractivity contribution in [2.24, 2.45) is 0 Å². The van der Waals surface area contributed by atoms with Crippen LogP contribution in [0.1, 0.15) is 23.1 Å². The topological polar surface area (TPSA) is 147 Å². The summed E-state index contributed by atoms with van der Waals surface area (Å²) in [7, 11) is 1.48. The maximum absolute atomic E-state index is 10.2. The molecule has 1 fully saturated rings. The predicted octanol–water partition coefficient (Wildman–Crippen LogP) is 0.189. The number of hydrogen-bond acceptors (Lipinski definition) is 10. The molecule has 1 saturated heterocycles. The molecule has 10 nitrogen and oxygen atoms in total. The van der Waals surface area contributed by atoms with Gasteiger partial charge in [0.05, 0.1) is 26.2 Å². The molecular formula is C22H24O10. The zero-order valence-corrected chi connectivity index (χ0v) is 17.1. The molecule has 0 aromatic heterocycles. The van der Waals surface area contributed by atoms with Gasteiger partial charge in [0, 0.05) is 23.3 Å². The van der Waals surface area contributed by atoms with Crippen LogP contribution in [0.3, 0.4) is 0 Å². The van der Waals surface area contributed by atoms with Gasteiger partial charge in [0.15, 0.2) is 11.5 Å². The van der Waals surface area contributed by atoms with Crippen molar-refractivity contribution in [2.45, 2.75) is 42.7 Å². The molecule has 172 valence electrons. The molecule has 0 bridgehead atoms. The number of fused-ring (bicyclic) bond motifs is 5. The Morgan fingerprint density at radius 3 is 2.56 bits per heavy atom. The lowest BCUT2D eigenvalue weighted by atomic mass is 9.89. The molecule has 32 heavy (non-hydrogen) atoms. The molecule has 2 aromatic carbocycles. The summed E-state index contributed by atoms with van der Waals surface area (Å²) in [5.74, 6) is 1.68. The van der Waals surface area contributed by atoms with E-state index in [1.54, 1.807) is 24.3 Å². The first kappa shape index (κ1) is 21.1. The van der Waals surface area contributed by atoms with E-state index in [9.17, 15) is 25.5 Å². The lowest BCUT2D eigenvalue weighted by Crippen LogP contribution is -2.60. The average Bonchev–Trinajstić information content (AvgIpc) is 3.16. The fraction of sp³-hybridized carbons (Fsp3) is 0.455. The molecule has 2 aromatic rings. The van der Waals surface area contributed by atoms with Crippen molar-refractivity contribution in [2.75, 3.05) is 20.3 Å². The summed E-state index contributed by atoms with van der Waals surface area (Å²) >= 11 is 0. The third-order valence-electron chi connectivity index (χ3n) is 6.14. The number of phenolic OH excluding ortho intramolecular Hbond substituents is 1. The van der Waals surface area contributed by atoms with Gasteiger partial charge in [0.1, 0.15) is 47.8 Å². The van der Waals surface area contributed by atoms with Gasteiger partial charge in [-0.2, -0.15) is 0 Å². The minimum atomic E-state index is -1.53. The second kappa shape index (κ2) is 7.98. The van der Waals surface area contributed by atoms with E-state index in [1.165, 1.54) is 13.2 Å². The minimum absolute atomic E-state index is 0.00526. The molecule has 5 N–H and O–H groups in total. The standard InChI is InChI=1S/C22H24O10/c1-28-16-5-11-12-8-29-14-4-9(2-3-10(14)21(12)31-15(11)6-13(16)24)30-22-20(27)19(26)18(25)17(7-23)32-22/h2-6,12,17-27H,7-8H2,1H3/t12-,17+,18+,19-,20+,21-,22+/m0/s1. The van der Waals surface area contributed by atoms with Gasteiger partial charge in [-0.25, -0.2) is 0 Å². The molecule has 0 spiro atoms. The third kappa shape index (κ3) is 3.31. The van der Waals surface area contributed by atoms with E-state index in [1.807, 2.05) is 0 Å². The quantitative estimate of drug-likeness (QED) is 0.439. The molecule has 0 aliphatic carbocycles. The summed E-state index contributed by atoms with van der Waals surface area (Å²) in [5.41, 5.74) is 1.68. The predicted molar refractivity (Wildman–Crippen MR) is 107 cm³/mol. The molecular weight excluding hydrogens is 424 g/mol. The number of rotatable bonds is 4. The number of ether oxygens (including phenoxy) is 5. The van der Waals surface area contributed by atoms with Crippen LogP contribution in [0.25, 0.3) is 0 Å². The van der Waals surface area contributed by atoms with Gasteiger partial charge in [-0.05, 0) is 18.2 Å². The zero-order chi connectivity index (χ0) is 22.6. The summed E-state index contributed by atoms with van der Waals surface area (Å²) in [5, 5.41) is 49.4. The number of aliphatic hydroxyl groups is 4. The number of benzene rings is 2. The number of aliphatic hydroxyl groups excluding tert-OH is 4. The van der Waals surface area contributed by atoms with Crippen LogP contribution in [0.4, 0.5) is 0 Å². The highest BCUT2D eigenvalue weighted by atomic mass is 16.7. The molecule has 0 radical (unpaired) electrons. The van der Waals surface area contributed by atoms with Gasteiger partial charge in [0.25, 0.3) is 0 Å². The fourth-order valence-corrected chi connectivity index (χ4v) is 4.39. The van der Waals surface area contributed by atoms with Crippen molar-refractivity contribution in [3.05, 3.63) is 41.5 Å². The van der Waals surface area contributed by atoms with Crippen LogP contribution in [0.15, 0.2) is 30.3 Å². The van der Waals surface area contributed by atoms with Crippen molar-refractivity contribution < 1.29 is 49.2 Å². The van der Waals surface area contributed by atoms with Gasteiger partial charge in [0.2, 0.25) is 6.29 Å². The van der Waals surface area contributed by atoms with E-state index in [-0.39, 0.29) is 17.8 Å². The molecule has 10 heteroatoms. The molecule has 7 atom stereocenters. The summed E-state index contributed by atoms with van der Waals surface area (Å²) in [6, 6.07) is 8.32. The van der Waals surface area contributed by atoms with E-state index >= 15 is 0 Å². The monoisotopic (exact) mass is 448 g/mol. The lowest BCUT2D eigenvalue weighted by molar-refractivity contribution is -0.277. The van der Waals surface area contributed by atoms with Crippen molar-refractivity contribution in [1.82, 2.24) is 0 Å². The number of hydrogen-bond donors (Lipinski definition) is 5. The van der Waals surface area contributed by atoms with Crippen molar-refractivity contribution in [1.29, 1.82) is 0 Å². The van der Waals surface area contributed by atoms with Gasteiger partial charge in [-0.3, -0.25) is 0 Å². The SMILES string of the molecule is COc1cc2c(cc1O)O[C@H]1c3ccc(O[C@@H]4O[C@H](CO)[C@@H](O)[C@H](O)[C@H]4O)cc3OC[C@@H]21. The van der Waals surface area contributed by atoms with Crippen molar-refractivity contribution >= 4 is 0 Å². The van der Waals surface area contributed by atoms with Gasteiger partial charge >= 0.3 is 0 Å². The van der Waals surface area contributed by atoms with Gasteiger partial charge < -0.3 is 49.2 Å². The van der Waals surface area contributed by atoms with Crippen LogP contribution in [-0.2, 0) is 4.74 Å². The molecule has 0 saturated carbocycles. The summed E-state index contributed by atoms with van der Waals surface area (Å²) in [6.45, 7) is -0.207. The van der Waals surface area contributed by atoms with Crippen LogP contribution in [0.5, 0.6) is 28.7 Å². The fourth-order valence-electron chi connectivity index (χ4n) is 4.39. The number of methoxy groups -OCH3 is 1. The number of aromatic hydroxyl groups is 1. The molecule has 5 rings (SSSR count). The maximum atomic E-state index is 10.2. The second-order valence-electron chi connectivity index (χ2n) is 8.03. The first-order chi connectivity index (χ1) is 15.4. The van der Waals surface area contributed by atoms with E-state index in [2.05, 4.69) is 0 Å². The van der Waals surface area contributed by atoms with Gasteiger partial charge in [-0.1, -0.05) is 0 Å². The smallest absolute Gasteiger partial charge is 0.229 e. The Morgan fingerprint density at radius 1 is 1.00 bits per heavy atom. The van der Waals surface area contributed by atoms with Crippen molar-refractivity contribution in [3.63, 3.8) is 0 Å².